The number of anilines is 2. The number of carbonyl (C=O) groups excluding carboxylic acids is 1. The van der Waals surface area contributed by atoms with Crippen molar-refractivity contribution >= 4 is 28.3 Å². The Bertz CT molecular complexity index is 1140. The molecule has 0 spiro atoms. The first-order valence-corrected chi connectivity index (χ1v) is 8.46. The summed E-state index contributed by atoms with van der Waals surface area (Å²) in [4.78, 5) is 16.7. The van der Waals surface area contributed by atoms with Gasteiger partial charge < -0.3 is 15.6 Å². The molecule has 3 aromatic carbocycles. The lowest BCUT2D eigenvalue weighted by Gasteiger charge is -2.10. The Kier molecular flexibility index (Phi) is 4.30. The van der Waals surface area contributed by atoms with Crippen molar-refractivity contribution < 1.29 is 9.18 Å². The third-order valence-corrected chi connectivity index (χ3v) is 4.39. The average molecular weight is 360 g/mol. The van der Waals surface area contributed by atoms with E-state index in [1.807, 2.05) is 28.8 Å². The number of halogens is 1. The van der Waals surface area contributed by atoms with Gasteiger partial charge in [0.05, 0.1) is 35.3 Å². The number of hydrogen-bond acceptors (Lipinski definition) is 3. The summed E-state index contributed by atoms with van der Waals surface area (Å²) in [5.74, 6) is -0.854. The lowest BCUT2D eigenvalue weighted by atomic mass is 10.1. The van der Waals surface area contributed by atoms with E-state index in [-0.39, 0.29) is 5.56 Å². The SMILES string of the molecule is Nc1ccccc1NC(=O)c1ccc(Cn2cnc3ccccc32)c(F)c1. The number of fused-ring (bicyclic) bond motifs is 1. The van der Waals surface area contributed by atoms with Gasteiger partial charge in [-0.15, -0.1) is 0 Å². The maximum Gasteiger partial charge on any atom is 0.255 e. The lowest BCUT2D eigenvalue weighted by Crippen LogP contribution is -2.14. The van der Waals surface area contributed by atoms with Crippen molar-refractivity contribution in [3.63, 3.8) is 0 Å². The van der Waals surface area contributed by atoms with Crippen LogP contribution < -0.4 is 11.1 Å². The van der Waals surface area contributed by atoms with Gasteiger partial charge in [-0.3, -0.25) is 4.79 Å². The normalized spacial score (nSPS) is 10.9. The van der Waals surface area contributed by atoms with Crippen molar-refractivity contribution in [1.29, 1.82) is 0 Å². The summed E-state index contributed by atoms with van der Waals surface area (Å²) in [5.41, 5.74) is 9.27. The zero-order valence-electron chi connectivity index (χ0n) is 14.4. The predicted molar refractivity (Wildman–Crippen MR) is 104 cm³/mol. The van der Waals surface area contributed by atoms with Gasteiger partial charge in [-0.1, -0.05) is 30.3 Å². The van der Waals surface area contributed by atoms with Gasteiger partial charge in [-0.25, -0.2) is 9.37 Å². The standard InChI is InChI=1S/C21H17FN4O/c22-16-11-14(21(27)25-18-6-2-1-5-17(18)23)9-10-15(16)12-26-13-24-19-7-3-4-8-20(19)26/h1-11,13H,12,23H2,(H,25,27). The molecule has 0 fully saturated rings. The molecule has 0 saturated heterocycles. The molecule has 134 valence electrons. The maximum atomic E-state index is 14.6. The quantitative estimate of drug-likeness (QED) is 0.539. The molecule has 4 rings (SSSR count). The molecule has 1 aromatic heterocycles. The molecule has 3 N–H and O–H groups in total. The number of para-hydroxylation sites is 4. The molecule has 0 aliphatic rings. The molecule has 0 aliphatic carbocycles. The van der Waals surface area contributed by atoms with Gasteiger partial charge in [0.1, 0.15) is 5.82 Å². The monoisotopic (exact) mass is 360 g/mol. The number of nitrogen functional groups attached to an aromatic ring is 1. The van der Waals surface area contributed by atoms with Crippen LogP contribution in [0.2, 0.25) is 0 Å². The maximum absolute atomic E-state index is 14.6. The van der Waals surface area contributed by atoms with E-state index in [1.165, 1.54) is 6.07 Å². The summed E-state index contributed by atoms with van der Waals surface area (Å²) < 4.78 is 16.5. The van der Waals surface area contributed by atoms with Crippen molar-refractivity contribution in [3.05, 3.63) is 90.0 Å². The van der Waals surface area contributed by atoms with E-state index < -0.39 is 11.7 Å². The van der Waals surface area contributed by atoms with Crippen molar-refractivity contribution in [2.24, 2.45) is 0 Å². The summed E-state index contributed by atoms with van der Waals surface area (Å²) in [6.07, 6.45) is 1.68. The number of carbonyl (C=O) groups is 1. The van der Waals surface area contributed by atoms with Crippen molar-refractivity contribution in [1.82, 2.24) is 9.55 Å². The van der Waals surface area contributed by atoms with Crippen LogP contribution in [0.4, 0.5) is 15.8 Å². The van der Waals surface area contributed by atoms with Crippen molar-refractivity contribution in [2.75, 3.05) is 11.1 Å². The molecule has 5 nitrogen and oxygen atoms in total. The first kappa shape index (κ1) is 16.8. The third-order valence-electron chi connectivity index (χ3n) is 4.39. The number of nitrogens with one attached hydrogen (secondary N) is 1. The van der Waals surface area contributed by atoms with E-state index in [0.717, 1.165) is 11.0 Å². The Hall–Kier alpha value is -3.67. The number of aromatic nitrogens is 2. The molecular weight excluding hydrogens is 343 g/mol. The average Bonchev–Trinajstić information content (AvgIpc) is 3.08. The minimum absolute atomic E-state index is 0.231. The largest absolute Gasteiger partial charge is 0.397 e. The second-order valence-electron chi connectivity index (χ2n) is 6.21. The zero-order chi connectivity index (χ0) is 18.8. The molecule has 0 radical (unpaired) electrons. The first-order valence-electron chi connectivity index (χ1n) is 8.46. The van der Waals surface area contributed by atoms with E-state index in [1.54, 1.807) is 42.7 Å². The topological polar surface area (TPSA) is 72.9 Å². The highest BCUT2D eigenvalue weighted by molar-refractivity contribution is 6.05. The van der Waals surface area contributed by atoms with Gasteiger partial charge >= 0.3 is 0 Å². The Morgan fingerprint density at radius 3 is 2.67 bits per heavy atom. The van der Waals surface area contributed by atoms with Crippen molar-refractivity contribution in [2.45, 2.75) is 6.54 Å². The second kappa shape index (κ2) is 6.92. The van der Waals surface area contributed by atoms with E-state index in [2.05, 4.69) is 10.3 Å². The van der Waals surface area contributed by atoms with Crippen LogP contribution in [0.5, 0.6) is 0 Å². The number of imidazole rings is 1. The van der Waals surface area contributed by atoms with Gasteiger partial charge in [-0.05, 0) is 36.4 Å². The van der Waals surface area contributed by atoms with Crippen LogP contribution in [0, 0.1) is 5.82 Å². The summed E-state index contributed by atoms with van der Waals surface area (Å²) in [5, 5.41) is 2.70. The molecular formula is C21H17FN4O. The fourth-order valence-electron chi connectivity index (χ4n) is 2.94. The second-order valence-corrected chi connectivity index (χ2v) is 6.21. The summed E-state index contributed by atoms with van der Waals surface area (Å²) in [7, 11) is 0. The molecule has 0 saturated carbocycles. The number of amides is 1. The van der Waals surface area contributed by atoms with Gasteiger partial charge in [-0.2, -0.15) is 0 Å². The minimum Gasteiger partial charge on any atom is -0.397 e. The molecule has 0 unspecified atom stereocenters. The molecule has 6 heteroatoms. The van der Waals surface area contributed by atoms with Gasteiger partial charge in [0.25, 0.3) is 5.91 Å². The fourth-order valence-corrected chi connectivity index (χ4v) is 2.94. The van der Waals surface area contributed by atoms with Gasteiger partial charge in [0.15, 0.2) is 0 Å². The molecule has 1 heterocycles. The number of benzene rings is 3. The minimum atomic E-state index is -0.443. The Morgan fingerprint density at radius 2 is 1.85 bits per heavy atom. The number of rotatable bonds is 4. The molecule has 0 atom stereocenters. The Morgan fingerprint density at radius 1 is 1.07 bits per heavy atom. The highest BCUT2D eigenvalue weighted by Crippen LogP contribution is 2.20. The Balaban J connectivity index is 1.55. The van der Waals surface area contributed by atoms with E-state index in [4.69, 9.17) is 5.73 Å². The highest BCUT2D eigenvalue weighted by Gasteiger charge is 2.12. The molecule has 27 heavy (non-hydrogen) atoms. The number of hydrogen-bond donors (Lipinski definition) is 2. The number of nitrogens with two attached hydrogens (primary N) is 1. The van der Waals surface area contributed by atoms with Crippen LogP contribution in [0.1, 0.15) is 15.9 Å². The van der Waals surface area contributed by atoms with E-state index >= 15 is 0 Å². The van der Waals surface area contributed by atoms with E-state index in [9.17, 15) is 9.18 Å². The van der Waals surface area contributed by atoms with Crippen LogP contribution in [-0.2, 0) is 6.54 Å². The third kappa shape index (κ3) is 3.37. The molecule has 0 bridgehead atoms. The van der Waals surface area contributed by atoms with Crippen LogP contribution in [0.15, 0.2) is 73.1 Å². The lowest BCUT2D eigenvalue weighted by molar-refractivity contribution is 0.102. The van der Waals surface area contributed by atoms with Crippen LogP contribution in [-0.4, -0.2) is 15.5 Å². The zero-order valence-corrected chi connectivity index (χ0v) is 14.4. The Labute approximate surface area is 155 Å². The summed E-state index contributed by atoms with van der Waals surface area (Å²) in [6, 6.07) is 19.1. The highest BCUT2D eigenvalue weighted by atomic mass is 19.1. The van der Waals surface area contributed by atoms with Crippen LogP contribution in [0.3, 0.4) is 0 Å². The molecule has 4 aromatic rings. The smallest absolute Gasteiger partial charge is 0.255 e. The van der Waals surface area contributed by atoms with Crippen molar-refractivity contribution in [3.8, 4) is 0 Å². The molecule has 0 aliphatic heterocycles. The van der Waals surface area contributed by atoms with Gasteiger partial charge in [0, 0.05) is 11.1 Å². The summed E-state index contributed by atoms with van der Waals surface area (Å²) >= 11 is 0. The predicted octanol–water partition coefficient (Wildman–Crippen LogP) is 4.06. The first-order chi connectivity index (χ1) is 13.1. The number of nitrogens with zero attached hydrogens (tertiary/aromatic N) is 2. The van der Waals surface area contributed by atoms with Crippen LogP contribution >= 0.6 is 0 Å². The van der Waals surface area contributed by atoms with Gasteiger partial charge in [0.2, 0.25) is 0 Å². The molecule has 1 amide bonds. The fraction of sp³-hybridized carbons (Fsp3) is 0.0476. The van der Waals surface area contributed by atoms with E-state index in [0.29, 0.717) is 23.5 Å². The summed E-state index contributed by atoms with van der Waals surface area (Å²) in [6.45, 7) is 0.333. The van der Waals surface area contributed by atoms with Crippen LogP contribution in [0.25, 0.3) is 11.0 Å².